The average Bonchev–Trinajstić information content (AvgIpc) is 3.11. The van der Waals surface area contributed by atoms with Crippen molar-refractivity contribution >= 4 is 5.84 Å². The average molecular weight is 394 g/mol. The summed E-state index contributed by atoms with van der Waals surface area (Å²) in [6.45, 7) is 8.63. The number of allylic oxidation sites excluding steroid dienone is 1. The van der Waals surface area contributed by atoms with E-state index in [-0.39, 0.29) is 6.61 Å². The molecule has 1 atom stereocenters. The van der Waals surface area contributed by atoms with E-state index in [2.05, 4.69) is 26.0 Å². The lowest BCUT2D eigenvalue weighted by Crippen LogP contribution is -2.52. The van der Waals surface area contributed by atoms with E-state index >= 15 is 0 Å². The van der Waals surface area contributed by atoms with E-state index in [1.54, 1.807) is 0 Å². The molecule has 0 saturated carbocycles. The van der Waals surface area contributed by atoms with Gasteiger partial charge in [0, 0.05) is 0 Å². The fraction of sp³-hybridized carbons (Fsp3) is 0.880. The number of quaternary nitrogens is 1. The van der Waals surface area contributed by atoms with Gasteiger partial charge in [0.05, 0.1) is 26.1 Å². The van der Waals surface area contributed by atoms with Crippen molar-refractivity contribution in [2.75, 3.05) is 32.8 Å². The minimum Gasteiger partial charge on any atom is -0.390 e. The van der Waals surface area contributed by atoms with Gasteiger partial charge < -0.3 is 5.11 Å². The second-order valence-corrected chi connectivity index (χ2v) is 8.64. The van der Waals surface area contributed by atoms with Gasteiger partial charge in [0.1, 0.15) is 13.1 Å². The first-order valence-corrected chi connectivity index (χ1v) is 12.4. The lowest BCUT2D eigenvalue weighted by atomic mass is 10.0. The first-order chi connectivity index (χ1) is 13.8. The summed E-state index contributed by atoms with van der Waals surface area (Å²) in [5, 5.41) is 9.36. The molecule has 1 unspecified atom stereocenters. The van der Waals surface area contributed by atoms with Crippen molar-refractivity contribution in [3.05, 3.63) is 12.2 Å². The molecule has 3 nitrogen and oxygen atoms in total. The SMILES string of the molecule is CCCCCCCCCCCCCCC/C=C/CC1=NCC[N+]1(CC)CCO. The molecule has 3 heteroatoms. The van der Waals surface area contributed by atoms with Crippen LogP contribution in [-0.2, 0) is 0 Å². The van der Waals surface area contributed by atoms with Crippen LogP contribution >= 0.6 is 0 Å². The Morgan fingerprint density at radius 2 is 1.39 bits per heavy atom. The summed E-state index contributed by atoms with van der Waals surface area (Å²) in [6, 6.07) is 0. The fourth-order valence-electron chi connectivity index (χ4n) is 4.43. The van der Waals surface area contributed by atoms with Gasteiger partial charge in [0.2, 0.25) is 5.84 Å². The Morgan fingerprint density at radius 1 is 0.821 bits per heavy atom. The van der Waals surface area contributed by atoms with Gasteiger partial charge in [0.25, 0.3) is 0 Å². The van der Waals surface area contributed by atoms with Crippen molar-refractivity contribution < 1.29 is 9.59 Å². The number of aliphatic imine (C=N–C) groups is 1. The van der Waals surface area contributed by atoms with Crippen molar-refractivity contribution in [3.63, 3.8) is 0 Å². The number of aliphatic hydroxyl groups is 1. The fourth-order valence-corrected chi connectivity index (χ4v) is 4.43. The second kappa shape index (κ2) is 17.2. The Kier molecular flexibility index (Phi) is 15.6. The topological polar surface area (TPSA) is 32.6 Å². The zero-order valence-corrected chi connectivity index (χ0v) is 19.1. The predicted octanol–water partition coefficient (Wildman–Crippen LogP) is 6.66. The number of likely N-dealkylation sites (N-methyl/N-ethyl adjacent to an activating group) is 1. The van der Waals surface area contributed by atoms with Gasteiger partial charge in [-0.3, -0.25) is 4.48 Å². The van der Waals surface area contributed by atoms with Crippen LogP contribution in [0.15, 0.2) is 17.1 Å². The molecule has 0 fully saturated rings. The minimum absolute atomic E-state index is 0.259. The zero-order chi connectivity index (χ0) is 20.3. The van der Waals surface area contributed by atoms with E-state index in [1.807, 2.05) is 0 Å². The Bertz CT molecular complexity index is 419. The first kappa shape index (κ1) is 25.4. The molecular formula is C25H49N2O+. The number of aliphatic hydroxyl groups excluding tert-OH is 1. The molecule has 0 aliphatic carbocycles. The van der Waals surface area contributed by atoms with Crippen LogP contribution in [0.5, 0.6) is 0 Å². The molecule has 0 bridgehead atoms. The molecule has 164 valence electrons. The van der Waals surface area contributed by atoms with Gasteiger partial charge in [-0.1, -0.05) is 96.1 Å². The lowest BCUT2D eigenvalue weighted by molar-refractivity contribution is -0.834. The van der Waals surface area contributed by atoms with Crippen molar-refractivity contribution in [2.45, 2.75) is 110 Å². The highest BCUT2D eigenvalue weighted by molar-refractivity contribution is 5.78. The van der Waals surface area contributed by atoms with Crippen molar-refractivity contribution in [1.82, 2.24) is 0 Å². The molecule has 1 rings (SSSR count). The van der Waals surface area contributed by atoms with Crippen LogP contribution < -0.4 is 0 Å². The third kappa shape index (κ3) is 10.8. The second-order valence-electron chi connectivity index (χ2n) is 8.64. The molecule has 0 aromatic rings. The van der Waals surface area contributed by atoms with Crippen molar-refractivity contribution in [2.24, 2.45) is 4.99 Å². The van der Waals surface area contributed by atoms with Crippen molar-refractivity contribution in [3.8, 4) is 0 Å². The Balaban J connectivity index is 1.92. The quantitative estimate of drug-likeness (QED) is 0.149. The maximum atomic E-state index is 9.36. The van der Waals surface area contributed by atoms with Crippen molar-refractivity contribution in [1.29, 1.82) is 0 Å². The molecule has 0 saturated heterocycles. The largest absolute Gasteiger partial charge is 0.390 e. The lowest BCUT2D eigenvalue weighted by Gasteiger charge is -2.32. The Hall–Kier alpha value is -0.670. The summed E-state index contributed by atoms with van der Waals surface area (Å²) in [4.78, 5) is 4.71. The highest BCUT2D eigenvalue weighted by Crippen LogP contribution is 2.18. The number of rotatable bonds is 19. The van der Waals surface area contributed by atoms with Gasteiger partial charge in [-0.05, 0) is 19.8 Å². The van der Waals surface area contributed by atoms with E-state index in [0.29, 0.717) is 0 Å². The summed E-state index contributed by atoms with van der Waals surface area (Å²) in [5.41, 5.74) is 0. The highest BCUT2D eigenvalue weighted by Gasteiger charge is 2.34. The van der Waals surface area contributed by atoms with Gasteiger partial charge in [-0.25, -0.2) is 4.99 Å². The summed E-state index contributed by atoms with van der Waals surface area (Å²) < 4.78 is 0.902. The molecule has 0 spiro atoms. The number of unbranched alkanes of at least 4 members (excludes halogenated alkanes) is 13. The molecule has 0 aromatic heterocycles. The normalized spacial score (nSPS) is 19.6. The zero-order valence-electron chi connectivity index (χ0n) is 19.1. The monoisotopic (exact) mass is 393 g/mol. The number of hydrogen-bond donors (Lipinski definition) is 1. The van der Waals surface area contributed by atoms with Crippen LogP contribution in [0.2, 0.25) is 0 Å². The third-order valence-corrected chi connectivity index (χ3v) is 6.44. The van der Waals surface area contributed by atoms with Gasteiger partial charge in [-0.2, -0.15) is 0 Å². The third-order valence-electron chi connectivity index (χ3n) is 6.44. The molecule has 1 heterocycles. The smallest absolute Gasteiger partial charge is 0.202 e. The van der Waals surface area contributed by atoms with E-state index in [4.69, 9.17) is 4.99 Å². The summed E-state index contributed by atoms with van der Waals surface area (Å²) in [5.74, 6) is 1.28. The van der Waals surface area contributed by atoms with E-state index in [0.717, 1.165) is 37.1 Å². The van der Waals surface area contributed by atoms with Crippen LogP contribution in [0.25, 0.3) is 0 Å². The number of nitrogens with zero attached hydrogens (tertiary/aromatic N) is 2. The number of hydrogen-bond acceptors (Lipinski definition) is 2. The summed E-state index contributed by atoms with van der Waals surface area (Å²) in [7, 11) is 0. The van der Waals surface area contributed by atoms with E-state index in [9.17, 15) is 5.11 Å². The standard InChI is InChI=1S/C25H49N2O/c1-3-5-6-7-8-9-10-11-12-13-14-15-16-17-18-19-20-25-26-21-22-27(25,4-2)23-24-28/h18-19,28H,3-17,20-24H2,1-2H3/q+1/b19-18+. The molecule has 28 heavy (non-hydrogen) atoms. The maximum Gasteiger partial charge on any atom is 0.202 e. The predicted molar refractivity (Wildman–Crippen MR) is 124 cm³/mol. The van der Waals surface area contributed by atoms with E-state index < -0.39 is 0 Å². The molecule has 1 N–H and O–H groups in total. The number of amidine groups is 1. The van der Waals surface area contributed by atoms with Crippen LogP contribution in [-0.4, -0.2) is 48.2 Å². The summed E-state index contributed by atoms with van der Waals surface area (Å²) >= 11 is 0. The highest BCUT2D eigenvalue weighted by atomic mass is 16.3. The molecule has 0 aromatic carbocycles. The van der Waals surface area contributed by atoms with Crippen LogP contribution in [0.3, 0.4) is 0 Å². The van der Waals surface area contributed by atoms with Crippen LogP contribution in [0.4, 0.5) is 0 Å². The van der Waals surface area contributed by atoms with Gasteiger partial charge in [0.15, 0.2) is 0 Å². The molecule has 0 radical (unpaired) electrons. The minimum atomic E-state index is 0.259. The maximum absolute atomic E-state index is 9.36. The Labute approximate surface area is 175 Å². The van der Waals surface area contributed by atoms with Crippen LogP contribution in [0, 0.1) is 0 Å². The molecular weight excluding hydrogens is 344 g/mol. The van der Waals surface area contributed by atoms with Gasteiger partial charge >= 0.3 is 0 Å². The van der Waals surface area contributed by atoms with Crippen LogP contribution in [0.1, 0.15) is 110 Å². The Morgan fingerprint density at radius 3 is 1.93 bits per heavy atom. The van der Waals surface area contributed by atoms with E-state index in [1.165, 1.54) is 95.7 Å². The molecule has 1 aliphatic rings. The van der Waals surface area contributed by atoms with Gasteiger partial charge in [-0.15, -0.1) is 0 Å². The summed E-state index contributed by atoms with van der Waals surface area (Å²) in [6.07, 6.45) is 25.3. The molecule has 0 amide bonds. The first-order valence-electron chi connectivity index (χ1n) is 12.4. The molecule has 1 aliphatic heterocycles.